The molecule has 0 radical (unpaired) electrons. The number of amides is 2. The van der Waals surface area contributed by atoms with Gasteiger partial charge in [0.2, 0.25) is 0 Å². The maximum absolute atomic E-state index is 12.6. The molecule has 1 aliphatic rings. The van der Waals surface area contributed by atoms with E-state index in [4.69, 9.17) is 11.6 Å². The fourth-order valence-corrected chi connectivity index (χ4v) is 5.74. The van der Waals surface area contributed by atoms with Gasteiger partial charge in [0.05, 0.1) is 4.34 Å². The molecule has 8 nitrogen and oxygen atoms in total. The van der Waals surface area contributed by atoms with Crippen LogP contribution in [0.5, 0.6) is 0 Å². The molecule has 0 bridgehead atoms. The van der Waals surface area contributed by atoms with Gasteiger partial charge in [-0.1, -0.05) is 11.6 Å². The molecule has 0 unspecified atom stereocenters. The van der Waals surface area contributed by atoms with Crippen LogP contribution in [0.15, 0.2) is 34.8 Å². The van der Waals surface area contributed by atoms with Crippen LogP contribution in [-0.4, -0.2) is 66.2 Å². The lowest BCUT2D eigenvalue weighted by Gasteiger charge is -2.33. The average Bonchev–Trinajstić information content (AvgIpc) is 3.30. The first-order chi connectivity index (χ1) is 12.5. The molecule has 3 rings (SSSR count). The molecule has 1 fully saturated rings. The fraction of sp³-hybridized carbons (Fsp3) is 0.467. The van der Waals surface area contributed by atoms with Crippen molar-refractivity contribution in [2.75, 3.05) is 32.7 Å². The van der Waals surface area contributed by atoms with Gasteiger partial charge in [0.15, 0.2) is 0 Å². The van der Waals surface area contributed by atoms with Crippen molar-refractivity contribution in [2.24, 2.45) is 0 Å². The number of sulfonamides is 1. The first kappa shape index (κ1) is 19.2. The monoisotopic (exact) mass is 417 g/mol. The summed E-state index contributed by atoms with van der Waals surface area (Å²) in [5, 5.41) is 6.97. The number of carbonyl (C=O) groups excluding carboxylic acids is 1. The second-order valence-corrected chi connectivity index (χ2v) is 9.68. The van der Waals surface area contributed by atoms with Gasteiger partial charge < -0.3 is 10.2 Å². The third kappa shape index (κ3) is 4.56. The van der Waals surface area contributed by atoms with Crippen LogP contribution in [0.25, 0.3) is 0 Å². The van der Waals surface area contributed by atoms with Crippen molar-refractivity contribution >= 4 is 39.0 Å². The minimum absolute atomic E-state index is 0.165. The first-order valence-corrected chi connectivity index (χ1v) is 10.9. The third-order valence-electron chi connectivity index (χ3n) is 4.07. The Hall–Kier alpha value is -1.62. The standard InChI is InChI=1S/C15H20ClN5O3S2/c16-13-3-4-14(25-13)26(23,24)21-11-9-19(10-12-21)15(22)17-5-1-7-20-8-2-6-18-20/h2-4,6,8H,1,5,7,9-12H2,(H,17,22). The minimum atomic E-state index is -3.54. The van der Waals surface area contributed by atoms with Gasteiger partial charge in [0, 0.05) is 51.7 Å². The van der Waals surface area contributed by atoms with E-state index in [9.17, 15) is 13.2 Å². The molecule has 0 saturated carbocycles. The summed E-state index contributed by atoms with van der Waals surface area (Å²) < 4.78 is 29.0. The van der Waals surface area contributed by atoms with E-state index >= 15 is 0 Å². The van der Waals surface area contributed by atoms with Crippen LogP contribution in [0.3, 0.4) is 0 Å². The van der Waals surface area contributed by atoms with Crippen LogP contribution in [0, 0.1) is 0 Å². The molecule has 0 spiro atoms. The van der Waals surface area contributed by atoms with E-state index in [-0.39, 0.29) is 23.3 Å². The Kier molecular flexibility index (Phi) is 6.17. The van der Waals surface area contributed by atoms with E-state index in [1.807, 2.05) is 16.9 Å². The van der Waals surface area contributed by atoms with E-state index in [0.717, 1.165) is 24.3 Å². The number of carbonyl (C=O) groups is 1. The highest BCUT2D eigenvalue weighted by molar-refractivity contribution is 7.91. The number of rotatable bonds is 6. The predicted molar refractivity (Wildman–Crippen MR) is 99.9 cm³/mol. The number of nitrogens with zero attached hydrogens (tertiary/aromatic N) is 4. The minimum Gasteiger partial charge on any atom is -0.338 e. The Balaban J connectivity index is 1.43. The zero-order chi connectivity index (χ0) is 18.6. The quantitative estimate of drug-likeness (QED) is 0.724. The maximum atomic E-state index is 12.6. The summed E-state index contributed by atoms with van der Waals surface area (Å²) in [7, 11) is -3.54. The lowest BCUT2D eigenvalue weighted by molar-refractivity contribution is 0.172. The van der Waals surface area contributed by atoms with Crippen molar-refractivity contribution in [2.45, 2.75) is 17.2 Å². The zero-order valence-corrected chi connectivity index (χ0v) is 16.4. The molecule has 1 saturated heterocycles. The van der Waals surface area contributed by atoms with Crippen LogP contribution < -0.4 is 5.32 Å². The summed E-state index contributed by atoms with van der Waals surface area (Å²) in [6, 6.07) is 4.78. The first-order valence-electron chi connectivity index (χ1n) is 8.22. The van der Waals surface area contributed by atoms with E-state index in [1.54, 1.807) is 17.2 Å². The highest BCUT2D eigenvalue weighted by Gasteiger charge is 2.31. The molecule has 2 aromatic heterocycles. The van der Waals surface area contributed by atoms with Crippen LogP contribution in [0.4, 0.5) is 4.79 Å². The lowest BCUT2D eigenvalue weighted by Crippen LogP contribution is -2.53. The molecule has 0 aromatic carbocycles. The van der Waals surface area contributed by atoms with Gasteiger partial charge in [-0.15, -0.1) is 11.3 Å². The van der Waals surface area contributed by atoms with E-state index in [2.05, 4.69) is 10.4 Å². The molecule has 3 heterocycles. The van der Waals surface area contributed by atoms with Crippen molar-refractivity contribution in [1.29, 1.82) is 0 Å². The van der Waals surface area contributed by atoms with Crippen molar-refractivity contribution in [3.63, 3.8) is 0 Å². The second-order valence-electron chi connectivity index (χ2n) is 5.80. The molecule has 1 N–H and O–H groups in total. The highest BCUT2D eigenvalue weighted by Crippen LogP contribution is 2.28. The van der Waals surface area contributed by atoms with Gasteiger partial charge in [-0.25, -0.2) is 13.2 Å². The van der Waals surface area contributed by atoms with Crippen LogP contribution in [-0.2, 0) is 16.6 Å². The summed E-state index contributed by atoms with van der Waals surface area (Å²) in [4.78, 5) is 13.8. The van der Waals surface area contributed by atoms with Crippen molar-refractivity contribution < 1.29 is 13.2 Å². The number of thiophene rings is 1. The molecule has 0 atom stereocenters. The highest BCUT2D eigenvalue weighted by atomic mass is 35.5. The summed E-state index contributed by atoms with van der Waals surface area (Å²) in [5.41, 5.74) is 0. The number of aromatic nitrogens is 2. The summed E-state index contributed by atoms with van der Waals surface area (Å²) >= 11 is 6.88. The van der Waals surface area contributed by atoms with Crippen molar-refractivity contribution in [3.05, 3.63) is 34.9 Å². The fourth-order valence-electron chi connectivity index (χ4n) is 2.68. The lowest BCUT2D eigenvalue weighted by atomic mass is 10.4. The SMILES string of the molecule is O=C(NCCCn1cccn1)N1CCN(S(=O)(=O)c2ccc(Cl)s2)CC1. The van der Waals surface area contributed by atoms with Gasteiger partial charge in [-0.05, 0) is 24.6 Å². The molecular formula is C15H20ClN5O3S2. The summed E-state index contributed by atoms with van der Waals surface area (Å²) in [5.74, 6) is 0. The molecule has 2 aromatic rings. The largest absolute Gasteiger partial charge is 0.338 e. The number of hydrogen-bond donors (Lipinski definition) is 1. The maximum Gasteiger partial charge on any atom is 0.317 e. The molecule has 0 aliphatic carbocycles. The van der Waals surface area contributed by atoms with Crippen molar-refractivity contribution in [3.8, 4) is 0 Å². The van der Waals surface area contributed by atoms with Crippen LogP contribution >= 0.6 is 22.9 Å². The smallest absolute Gasteiger partial charge is 0.317 e. The molecule has 2 amide bonds. The van der Waals surface area contributed by atoms with Gasteiger partial charge in [-0.2, -0.15) is 9.40 Å². The predicted octanol–water partition coefficient (Wildman–Crippen LogP) is 1.70. The third-order valence-corrected chi connectivity index (χ3v) is 7.67. The Morgan fingerprint density at radius 2 is 2.04 bits per heavy atom. The molecule has 26 heavy (non-hydrogen) atoms. The van der Waals surface area contributed by atoms with Crippen LogP contribution in [0.1, 0.15) is 6.42 Å². The van der Waals surface area contributed by atoms with Gasteiger partial charge in [-0.3, -0.25) is 4.68 Å². The van der Waals surface area contributed by atoms with E-state index in [1.165, 1.54) is 10.4 Å². The number of halogens is 1. The normalized spacial score (nSPS) is 16.0. The second kappa shape index (κ2) is 8.38. The number of piperazine rings is 1. The van der Waals surface area contributed by atoms with Crippen LogP contribution in [0.2, 0.25) is 4.34 Å². The molecular weight excluding hydrogens is 398 g/mol. The number of urea groups is 1. The number of aryl methyl sites for hydroxylation is 1. The van der Waals surface area contributed by atoms with Gasteiger partial charge >= 0.3 is 6.03 Å². The molecule has 142 valence electrons. The Labute approximate surface area is 161 Å². The Morgan fingerprint density at radius 3 is 2.65 bits per heavy atom. The summed E-state index contributed by atoms with van der Waals surface area (Å²) in [6.45, 7) is 2.57. The van der Waals surface area contributed by atoms with E-state index < -0.39 is 10.0 Å². The Morgan fingerprint density at radius 1 is 1.27 bits per heavy atom. The molecule has 11 heteroatoms. The topological polar surface area (TPSA) is 87.5 Å². The summed E-state index contributed by atoms with van der Waals surface area (Å²) in [6.07, 6.45) is 4.37. The Bertz CT molecular complexity index is 829. The molecule has 1 aliphatic heterocycles. The zero-order valence-electron chi connectivity index (χ0n) is 14.0. The number of nitrogens with one attached hydrogen (secondary N) is 1. The number of hydrogen-bond acceptors (Lipinski definition) is 5. The van der Waals surface area contributed by atoms with Crippen molar-refractivity contribution in [1.82, 2.24) is 24.3 Å². The van der Waals surface area contributed by atoms with Gasteiger partial charge in [0.1, 0.15) is 4.21 Å². The average molecular weight is 418 g/mol. The van der Waals surface area contributed by atoms with Gasteiger partial charge in [0.25, 0.3) is 10.0 Å². The van der Waals surface area contributed by atoms with E-state index in [0.29, 0.717) is 24.0 Å².